The quantitative estimate of drug-likeness (QED) is 0.508. The molecular formula is C28H44N2O5S. The Morgan fingerprint density at radius 1 is 1.31 bits per heavy atom. The molecular weight excluding hydrogens is 476 g/mol. The number of nitrogens with one attached hydrogen (secondary N) is 1. The number of aliphatic hydroxyl groups excluding tert-OH is 2. The minimum absolute atomic E-state index is 0.0165. The predicted molar refractivity (Wildman–Crippen MR) is 143 cm³/mol. The number of nitrogens with zero attached hydrogens (tertiary/aromatic N) is 1. The number of aryl methyl sites for hydroxylation is 1. The van der Waals surface area contributed by atoms with Gasteiger partial charge in [-0.2, -0.15) is 0 Å². The molecule has 0 spiro atoms. The first-order valence-electron chi connectivity index (χ1n) is 13.3. The first-order valence-corrected chi connectivity index (χ1v) is 14.1. The molecule has 36 heavy (non-hydrogen) atoms. The number of carbonyl (C=O) groups is 2. The number of ketones is 1. The van der Waals surface area contributed by atoms with Crippen LogP contribution in [0.2, 0.25) is 0 Å². The largest absolute Gasteiger partial charge is 0.392 e. The Balaban J connectivity index is 1.87. The number of aliphatic hydroxyl groups is 2. The highest BCUT2D eigenvalue weighted by Gasteiger charge is 2.52. The molecule has 0 radical (unpaired) electrons. The summed E-state index contributed by atoms with van der Waals surface area (Å²) in [5.41, 5.74) is 0.414. The number of carbonyl (C=O) groups excluding carboxylic acids is 2. The minimum Gasteiger partial charge on any atom is -0.392 e. The lowest BCUT2D eigenvalue weighted by Crippen LogP contribution is -2.48. The number of ether oxygens (including phenoxy) is 1. The third-order valence-corrected chi connectivity index (χ3v) is 9.13. The Bertz CT molecular complexity index is 973. The van der Waals surface area contributed by atoms with Crippen molar-refractivity contribution < 1.29 is 24.5 Å². The molecule has 1 aromatic heterocycles. The zero-order chi connectivity index (χ0) is 26.8. The average molecular weight is 521 g/mol. The fraction of sp³-hybridized carbons (Fsp3) is 0.750. The molecule has 1 aromatic rings. The van der Waals surface area contributed by atoms with Crippen molar-refractivity contribution in [2.45, 2.75) is 117 Å². The van der Waals surface area contributed by atoms with E-state index in [2.05, 4.69) is 17.2 Å². The topological polar surface area (TPSA) is 112 Å². The molecule has 0 bridgehead atoms. The van der Waals surface area contributed by atoms with Crippen molar-refractivity contribution >= 4 is 29.1 Å². The first-order chi connectivity index (χ1) is 16.8. The maximum atomic E-state index is 13.5. The molecule has 0 aliphatic carbocycles. The van der Waals surface area contributed by atoms with E-state index in [0.717, 1.165) is 35.5 Å². The van der Waals surface area contributed by atoms with Gasteiger partial charge in [-0.05, 0) is 57.6 Å². The number of Topliss-reactive ketones (excluding diaryl/α,β-unsaturated/α-hetero) is 1. The zero-order valence-electron chi connectivity index (χ0n) is 22.8. The van der Waals surface area contributed by atoms with Crippen LogP contribution in [0.5, 0.6) is 0 Å². The Morgan fingerprint density at radius 2 is 2.00 bits per heavy atom. The highest BCUT2D eigenvalue weighted by Crippen LogP contribution is 2.44. The Kier molecular flexibility index (Phi) is 9.18. The van der Waals surface area contributed by atoms with Crippen molar-refractivity contribution in [2.75, 3.05) is 0 Å². The summed E-state index contributed by atoms with van der Waals surface area (Å²) in [6.07, 6.45) is 3.51. The van der Waals surface area contributed by atoms with Gasteiger partial charge < -0.3 is 20.3 Å². The molecule has 1 unspecified atom stereocenters. The van der Waals surface area contributed by atoms with Crippen LogP contribution >= 0.6 is 11.3 Å². The van der Waals surface area contributed by atoms with Crippen LogP contribution < -0.4 is 5.32 Å². The first kappa shape index (κ1) is 29.0. The fourth-order valence-electron chi connectivity index (χ4n) is 5.41. The number of fused-ring (bicyclic) bond motifs is 1. The number of amides is 1. The molecule has 8 heteroatoms. The van der Waals surface area contributed by atoms with Crippen LogP contribution in [0.1, 0.15) is 90.8 Å². The maximum absolute atomic E-state index is 13.5. The zero-order valence-corrected chi connectivity index (χ0v) is 23.7. The van der Waals surface area contributed by atoms with E-state index in [0.29, 0.717) is 12.8 Å². The molecule has 0 saturated carbocycles. The standard InChI is InChI=1S/C28H44N2O5S/c1-8-20-25(33)16(2)10-9-11-28(7)23(35-28)13-21(17(3)12-19-15-36-18(4)29-19)30-24(32)14-22(31)27(5,6)26(20)34/h12,15-16,20-23,25,31,33H,8-11,13-14H2,1-7H3,(H,30,32)/b17-12+/t16-,20?,21-,22+,23-,25-,28+/m0/s1. The molecule has 3 heterocycles. The molecule has 7 atom stereocenters. The van der Waals surface area contributed by atoms with Gasteiger partial charge in [0.25, 0.3) is 0 Å². The number of rotatable bonds is 3. The van der Waals surface area contributed by atoms with Crippen molar-refractivity contribution in [3.05, 3.63) is 21.7 Å². The molecule has 2 fully saturated rings. The SMILES string of the molecule is CCC1C(=O)C(C)(C)[C@H](O)CC(=O)N[C@H](/C(C)=C/c2csc(C)n2)C[C@@H]2O[C@]2(C)CCC[C@H](C)[C@@H]1O. The van der Waals surface area contributed by atoms with Crippen molar-refractivity contribution in [3.8, 4) is 0 Å². The summed E-state index contributed by atoms with van der Waals surface area (Å²) in [7, 11) is 0. The Morgan fingerprint density at radius 3 is 2.61 bits per heavy atom. The summed E-state index contributed by atoms with van der Waals surface area (Å²) in [6.45, 7) is 13.3. The van der Waals surface area contributed by atoms with Crippen LogP contribution in [0, 0.1) is 24.2 Å². The molecule has 202 valence electrons. The van der Waals surface area contributed by atoms with Crippen LogP contribution in [-0.4, -0.2) is 56.8 Å². The van der Waals surface area contributed by atoms with E-state index in [1.165, 1.54) is 0 Å². The van der Waals surface area contributed by atoms with Crippen LogP contribution in [-0.2, 0) is 14.3 Å². The monoisotopic (exact) mass is 520 g/mol. The van der Waals surface area contributed by atoms with E-state index in [4.69, 9.17) is 4.74 Å². The predicted octanol–water partition coefficient (Wildman–Crippen LogP) is 4.44. The summed E-state index contributed by atoms with van der Waals surface area (Å²) in [5, 5.41) is 28.1. The van der Waals surface area contributed by atoms with Gasteiger partial charge in [-0.15, -0.1) is 11.3 Å². The minimum atomic E-state index is -1.16. The van der Waals surface area contributed by atoms with Crippen LogP contribution in [0.4, 0.5) is 0 Å². The molecule has 2 aliphatic rings. The second-order valence-electron chi connectivity index (χ2n) is 11.6. The van der Waals surface area contributed by atoms with Crippen molar-refractivity contribution in [1.82, 2.24) is 10.3 Å². The number of hydrogen-bond donors (Lipinski definition) is 3. The Labute approximate surface area is 219 Å². The lowest BCUT2D eigenvalue weighted by atomic mass is 9.71. The van der Waals surface area contributed by atoms with Crippen LogP contribution in [0.25, 0.3) is 6.08 Å². The van der Waals surface area contributed by atoms with Crippen molar-refractivity contribution in [2.24, 2.45) is 17.3 Å². The van der Waals surface area contributed by atoms with E-state index in [9.17, 15) is 19.8 Å². The highest BCUT2D eigenvalue weighted by atomic mass is 32.1. The van der Waals surface area contributed by atoms with Gasteiger partial charge in [0.15, 0.2) is 0 Å². The summed E-state index contributed by atoms with van der Waals surface area (Å²) in [5.74, 6) is -1.14. The van der Waals surface area contributed by atoms with Gasteiger partial charge in [-0.3, -0.25) is 9.59 Å². The van der Waals surface area contributed by atoms with E-state index in [1.807, 2.05) is 39.2 Å². The number of aromatic nitrogens is 1. The summed E-state index contributed by atoms with van der Waals surface area (Å²) in [4.78, 5) is 31.1. The van der Waals surface area contributed by atoms with E-state index >= 15 is 0 Å². The van der Waals surface area contributed by atoms with Gasteiger partial charge in [-0.25, -0.2) is 4.98 Å². The molecule has 3 rings (SSSR count). The summed E-state index contributed by atoms with van der Waals surface area (Å²) in [6, 6.07) is -0.269. The van der Waals surface area contributed by atoms with Gasteiger partial charge in [0.2, 0.25) is 5.91 Å². The number of thiazole rings is 1. The maximum Gasteiger partial charge on any atom is 0.223 e. The normalized spacial score (nSPS) is 36.8. The third kappa shape index (κ3) is 6.63. The van der Waals surface area contributed by atoms with Crippen LogP contribution in [0.3, 0.4) is 0 Å². The van der Waals surface area contributed by atoms with Gasteiger partial charge in [0, 0.05) is 17.7 Å². The van der Waals surface area contributed by atoms with Gasteiger partial charge in [-0.1, -0.05) is 34.1 Å². The van der Waals surface area contributed by atoms with Crippen molar-refractivity contribution in [3.63, 3.8) is 0 Å². The second-order valence-corrected chi connectivity index (χ2v) is 12.7. The van der Waals surface area contributed by atoms with Crippen molar-refractivity contribution in [1.29, 1.82) is 0 Å². The average Bonchev–Trinajstić information content (AvgIpc) is 3.24. The Hall–Kier alpha value is -1.61. The summed E-state index contributed by atoms with van der Waals surface area (Å²) < 4.78 is 6.12. The molecule has 0 aromatic carbocycles. The molecule has 2 aliphatic heterocycles. The van der Waals surface area contributed by atoms with E-state index in [-0.39, 0.29) is 41.8 Å². The number of epoxide rings is 1. The second kappa shape index (κ2) is 11.4. The fourth-order valence-corrected chi connectivity index (χ4v) is 5.98. The van der Waals surface area contributed by atoms with E-state index < -0.39 is 23.5 Å². The highest BCUT2D eigenvalue weighted by molar-refractivity contribution is 7.09. The lowest BCUT2D eigenvalue weighted by Gasteiger charge is -2.36. The smallest absolute Gasteiger partial charge is 0.223 e. The van der Waals surface area contributed by atoms with Gasteiger partial charge in [0.05, 0.1) is 52.5 Å². The van der Waals surface area contributed by atoms with Crippen LogP contribution in [0.15, 0.2) is 11.0 Å². The van der Waals surface area contributed by atoms with Gasteiger partial charge >= 0.3 is 0 Å². The molecule has 3 N–H and O–H groups in total. The molecule has 7 nitrogen and oxygen atoms in total. The van der Waals surface area contributed by atoms with Gasteiger partial charge in [0.1, 0.15) is 5.78 Å². The third-order valence-electron chi connectivity index (χ3n) is 8.33. The molecule has 2 saturated heterocycles. The summed E-state index contributed by atoms with van der Waals surface area (Å²) >= 11 is 1.58. The lowest BCUT2D eigenvalue weighted by molar-refractivity contribution is -0.144. The molecule has 1 amide bonds. The van der Waals surface area contributed by atoms with E-state index in [1.54, 1.807) is 25.2 Å². The number of hydrogen-bond acceptors (Lipinski definition) is 7.